The number of phenolic OH excluding ortho intramolecular Hbond substituents is 2. The van der Waals surface area contributed by atoms with Crippen LogP contribution in [0.5, 0.6) is 11.5 Å². The maximum atomic E-state index is 12.6. The van der Waals surface area contributed by atoms with Crippen LogP contribution in [-0.4, -0.2) is 33.8 Å². The topological polar surface area (TPSA) is 157 Å². The number of hydrogen-bond acceptors (Lipinski definition) is 6. The summed E-state index contributed by atoms with van der Waals surface area (Å²) in [5, 5.41) is 20.3. The van der Waals surface area contributed by atoms with Gasteiger partial charge in [-0.05, 0) is 61.8 Å². The van der Waals surface area contributed by atoms with E-state index in [2.05, 4.69) is 35.6 Å². The second kappa shape index (κ2) is 20.0. The average molecular weight is 611 g/mol. The van der Waals surface area contributed by atoms with Crippen molar-refractivity contribution in [3.05, 3.63) is 58.7 Å². The molecule has 0 aliphatic rings. The molecule has 2 aromatic carbocycles. The molecule has 0 spiro atoms. The monoisotopic (exact) mass is 610 g/mol. The molecule has 0 fully saturated rings. The number of hydrazine groups is 2. The molecule has 44 heavy (non-hydrogen) atoms. The van der Waals surface area contributed by atoms with E-state index in [1.54, 1.807) is 12.1 Å². The lowest BCUT2D eigenvalue weighted by Crippen LogP contribution is -2.44. The summed E-state index contributed by atoms with van der Waals surface area (Å²) in [7, 11) is 0. The van der Waals surface area contributed by atoms with Crippen molar-refractivity contribution in [3.8, 4) is 11.5 Å². The standard InChI is InChI=1S/C34H50N4O6/c1-4-6-17-25-19-14-21-27(39)30(25)33(43)37-35-29(41)23-13-11-9-8-10-12-16-24(3)32(42)36-38-34(44)31-26(18-7-5-2)20-15-22-28(31)40/h14-15,19-22,24,39-40H,4-13,16-18,23H2,1-3H3,(H,35,41)(H,36,42)(H,37,43)(H,38,44). The Bertz CT molecular complexity index is 1230. The highest BCUT2D eigenvalue weighted by Gasteiger charge is 2.19. The molecule has 0 bridgehead atoms. The predicted molar refractivity (Wildman–Crippen MR) is 171 cm³/mol. The van der Waals surface area contributed by atoms with E-state index in [4.69, 9.17) is 0 Å². The lowest BCUT2D eigenvalue weighted by atomic mass is 10.0. The first kappa shape index (κ1) is 36.1. The van der Waals surface area contributed by atoms with Crippen LogP contribution >= 0.6 is 0 Å². The van der Waals surface area contributed by atoms with Gasteiger partial charge in [-0.15, -0.1) is 0 Å². The summed E-state index contributed by atoms with van der Waals surface area (Å²) in [6.07, 6.45) is 11.3. The van der Waals surface area contributed by atoms with Gasteiger partial charge in [0, 0.05) is 12.3 Å². The number of nitrogens with one attached hydrogen (secondary N) is 4. The van der Waals surface area contributed by atoms with Gasteiger partial charge in [-0.1, -0.05) is 90.0 Å². The SMILES string of the molecule is CCCCc1cccc(O)c1C(=O)NNC(=O)CCCCCCCCC(C)C(=O)NNC(=O)c1c(O)cccc1CCCC. The fourth-order valence-electron chi connectivity index (χ4n) is 4.98. The summed E-state index contributed by atoms with van der Waals surface area (Å²) < 4.78 is 0. The van der Waals surface area contributed by atoms with Crippen molar-refractivity contribution in [2.24, 2.45) is 5.92 Å². The Balaban J connectivity index is 1.58. The quantitative estimate of drug-likeness (QED) is 0.0930. The van der Waals surface area contributed by atoms with Crippen molar-refractivity contribution in [1.29, 1.82) is 0 Å². The van der Waals surface area contributed by atoms with E-state index >= 15 is 0 Å². The third-order valence-corrected chi connectivity index (χ3v) is 7.66. The molecule has 0 aromatic heterocycles. The Kier molecular flexibility index (Phi) is 16.4. The molecule has 2 aromatic rings. The van der Waals surface area contributed by atoms with E-state index in [-0.39, 0.29) is 46.8 Å². The number of hydrogen-bond donors (Lipinski definition) is 6. The van der Waals surface area contributed by atoms with Crippen LogP contribution in [0.4, 0.5) is 0 Å². The Morgan fingerprint density at radius 1 is 0.636 bits per heavy atom. The largest absolute Gasteiger partial charge is 0.507 e. The maximum Gasteiger partial charge on any atom is 0.273 e. The van der Waals surface area contributed by atoms with Gasteiger partial charge < -0.3 is 10.2 Å². The molecule has 242 valence electrons. The van der Waals surface area contributed by atoms with E-state index in [1.807, 2.05) is 19.1 Å². The molecule has 10 heteroatoms. The van der Waals surface area contributed by atoms with Crippen molar-refractivity contribution in [2.45, 2.75) is 111 Å². The lowest BCUT2D eigenvalue weighted by molar-refractivity contribution is -0.125. The highest BCUT2D eigenvalue weighted by Crippen LogP contribution is 2.23. The van der Waals surface area contributed by atoms with Gasteiger partial charge in [0.25, 0.3) is 11.8 Å². The van der Waals surface area contributed by atoms with Crippen LogP contribution in [0.1, 0.15) is 130 Å². The lowest BCUT2D eigenvalue weighted by Gasteiger charge is -2.15. The molecular weight excluding hydrogens is 560 g/mol. The molecule has 0 aliphatic carbocycles. The number of carbonyl (C=O) groups excluding carboxylic acids is 4. The van der Waals surface area contributed by atoms with Crippen LogP contribution in [0.15, 0.2) is 36.4 Å². The van der Waals surface area contributed by atoms with Crippen LogP contribution in [0.2, 0.25) is 0 Å². The van der Waals surface area contributed by atoms with E-state index in [0.717, 1.165) is 68.9 Å². The molecule has 0 heterocycles. The second-order valence-electron chi connectivity index (χ2n) is 11.3. The number of rotatable bonds is 18. The number of unbranched alkanes of at least 4 members (excludes halogenated alkanes) is 7. The fourth-order valence-corrected chi connectivity index (χ4v) is 4.98. The number of aryl methyl sites for hydroxylation is 2. The summed E-state index contributed by atoms with van der Waals surface area (Å²) in [5.74, 6) is -2.10. The Morgan fingerprint density at radius 2 is 1.11 bits per heavy atom. The first-order chi connectivity index (χ1) is 21.2. The van der Waals surface area contributed by atoms with E-state index in [0.29, 0.717) is 25.7 Å². The summed E-state index contributed by atoms with van der Waals surface area (Å²) in [6.45, 7) is 5.93. The van der Waals surface area contributed by atoms with Gasteiger partial charge in [-0.2, -0.15) is 0 Å². The number of benzene rings is 2. The third-order valence-electron chi connectivity index (χ3n) is 7.66. The third kappa shape index (κ3) is 12.3. The highest BCUT2D eigenvalue weighted by atomic mass is 16.3. The maximum absolute atomic E-state index is 12.6. The molecule has 0 aliphatic heterocycles. The van der Waals surface area contributed by atoms with Crippen molar-refractivity contribution < 1.29 is 29.4 Å². The Morgan fingerprint density at radius 3 is 1.64 bits per heavy atom. The van der Waals surface area contributed by atoms with Gasteiger partial charge in [-0.25, -0.2) is 0 Å². The summed E-state index contributed by atoms with van der Waals surface area (Å²) >= 11 is 0. The second-order valence-corrected chi connectivity index (χ2v) is 11.3. The molecular formula is C34H50N4O6. The molecule has 0 saturated heterocycles. The van der Waals surface area contributed by atoms with E-state index < -0.39 is 11.8 Å². The predicted octanol–water partition coefficient (Wildman–Crippen LogP) is 5.76. The number of carbonyl (C=O) groups is 4. The summed E-state index contributed by atoms with van der Waals surface area (Å²) in [5.41, 5.74) is 11.7. The van der Waals surface area contributed by atoms with Crippen LogP contribution in [0.25, 0.3) is 0 Å². The Hall–Kier alpha value is -4.08. The fraction of sp³-hybridized carbons (Fsp3) is 0.529. The first-order valence-corrected chi connectivity index (χ1v) is 16.0. The van der Waals surface area contributed by atoms with Crippen LogP contribution < -0.4 is 21.7 Å². The van der Waals surface area contributed by atoms with Gasteiger partial charge in [0.15, 0.2) is 0 Å². The molecule has 2 rings (SSSR count). The van der Waals surface area contributed by atoms with Gasteiger partial charge in [-0.3, -0.25) is 40.9 Å². The molecule has 0 radical (unpaired) electrons. The van der Waals surface area contributed by atoms with Gasteiger partial charge in [0.2, 0.25) is 11.8 Å². The smallest absolute Gasteiger partial charge is 0.273 e. The van der Waals surface area contributed by atoms with E-state index in [9.17, 15) is 29.4 Å². The molecule has 0 saturated carbocycles. The summed E-state index contributed by atoms with van der Waals surface area (Å²) in [4.78, 5) is 49.9. The highest BCUT2D eigenvalue weighted by molar-refractivity contribution is 6.00. The number of phenols is 2. The molecule has 1 atom stereocenters. The first-order valence-electron chi connectivity index (χ1n) is 16.0. The minimum atomic E-state index is -0.530. The zero-order valence-electron chi connectivity index (χ0n) is 26.5. The van der Waals surface area contributed by atoms with Gasteiger partial charge in [0.1, 0.15) is 11.5 Å². The van der Waals surface area contributed by atoms with Crippen LogP contribution in [0.3, 0.4) is 0 Å². The van der Waals surface area contributed by atoms with Gasteiger partial charge in [0.05, 0.1) is 11.1 Å². The summed E-state index contributed by atoms with van der Waals surface area (Å²) in [6, 6.07) is 9.97. The van der Waals surface area contributed by atoms with Crippen molar-refractivity contribution >= 4 is 23.6 Å². The zero-order chi connectivity index (χ0) is 32.3. The average Bonchev–Trinajstić information content (AvgIpc) is 3.01. The minimum absolute atomic E-state index is 0.104. The van der Waals surface area contributed by atoms with Crippen molar-refractivity contribution in [1.82, 2.24) is 21.7 Å². The van der Waals surface area contributed by atoms with Crippen LogP contribution in [-0.2, 0) is 22.4 Å². The molecule has 10 nitrogen and oxygen atoms in total. The Labute approximate surface area is 261 Å². The van der Waals surface area contributed by atoms with Crippen molar-refractivity contribution in [2.75, 3.05) is 0 Å². The number of aromatic hydroxyl groups is 2. The van der Waals surface area contributed by atoms with Gasteiger partial charge >= 0.3 is 0 Å². The normalized spacial score (nSPS) is 11.4. The molecule has 1 unspecified atom stereocenters. The van der Waals surface area contributed by atoms with Crippen molar-refractivity contribution in [3.63, 3.8) is 0 Å². The van der Waals surface area contributed by atoms with E-state index in [1.165, 1.54) is 12.1 Å². The molecule has 6 N–H and O–H groups in total. The van der Waals surface area contributed by atoms with Crippen LogP contribution in [0, 0.1) is 5.92 Å². The number of amides is 4. The minimum Gasteiger partial charge on any atom is -0.507 e. The zero-order valence-corrected chi connectivity index (χ0v) is 26.5. The molecule has 4 amide bonds.